The third-order valence-corrected chi connectivity index (χ3v) is 11.7. The molecule has 1 aliphatic heterocycles. The average Bonchev–Trinajstić information content (AvgIpc) is 3.80. The number of hydrogen-bond acceptors (Lipinski definition) is 11. The van der Waals surface area contributed by atoms with E-state index in [1.165, 1.54) is 18.1 Å². The maximum absolute atomic E-state index is 14.6. The van der Waals surface area contributed by atoms with E-state index in [1.54, 1.807) is 24.3 Å². The van der Waals surface area contributed by atoms with Crippen molar-refractivity contribution in [3.8, 4) is 22.9 Å². The molecule has 7 rings (SSSR count). The fraction of sp³-hybridized carbons (Fsp3) is 0.550. The Morgan fingerprint density at radius 3 is 2.43 bits per heavy atom. The molecule has 2 aromatic heterocycles. The summed E-state index contributed by atoms with van der Waals surface area (Å²) in [4.78, 5) is 60.5. The number of aromatic nitrogens is 2. The highest BCUT2D eigenvalue weighted by atomic mass is 35.5. The number of carbonyl (C=O) groups is 4. The number of fused-ring (bicyclic) bond motifs is 2. The number of carbonyl (C=O) groups excluding carboxylic acids is 3. The number of hydrogen-bond donors (Lipinski definition) is 4. The number of rotatable bonds is 13. The molecular formula is C40H49ClN6O9. The maximum Gasteiger partial charge on any atom is 0.408 e. The van der Waals surface area contributed by atoms with Crippen LogP contribution < -0.4 is 25.4 Å². The molecule has 4 fully saturated rings. The van der Waals surface area contributed by atoms with Crippen LogP contribution in [0.5, 0.6) is 11.5 Å². The van der Waals surface area contributed by atoms with Crippen molar-refractivity contribution < 1.29 is 43.0 Å². The summed E-state index contributed by atoms with van der Waals surface area (Å²) in [5.74, 6) is -0.493. The summed E-state index contributed by atoms with van der Waals surface area (Å²) >= 11 is 6.79. The van der Waals surface area contributed by atoms with E-state index in [-0.39, 0.29) is 36.6 Å². The van der Waals surface area contributed by atoms with E-state index in [0.29, 0.717) is 51.5 Å². The zero-order chi connectivity index (χ0) is 40.3. The molecule has 3 heterocycles. The lowest BCUT2D eigenvalue weighted by Crippen LogP contribution is -2.59. The van der Waals surface area contributed by atoms with Crippen molar-refractivity contribution in [2.45, 2.75) is 103 Å². The normalized spacial score (nSPS) is 27.0. The Morgan fingerprint density at radius 2 is 1.80 bits per heavy atom. The van der Waals surface area contributed by atoms with Crippen LogP contribution in [0.2, 0.25) is 5.02 Å². The van der Waals surface area contributed by atoms with Gasteiger partial charge in [0.1, 0.15) is 52.0 Å². The van der Waals surface area contributed by atoms with Crippen molar-refractivity contribution in [3.05, 3.63) is 41.9 Å². The van der Waals surface area contributed by atoms with Crippen molar-refractivity contribution in [1.29, 1.82) is 0 Å². The van der Waals surface area contributed by atoms with Crippen LogP contribution in [-0.2, 0) is 19.1 Å². The Kier molecular flexibility index (Phi) is 10.4. The van der Waals surface area contributed by atoms with Crippen LogP contribution in [0.4, 0.5) is 10.7 Å². The third kappa shape index (κ3) is 7.69. The van der Waals surface area contributed by atoms with Crippen molar-refractivity contribution in [3.63, 3.8) is 0 Å². The van der Waals surface area contributed by atoms with Crippen LogP contribution in [0, 0.1) is 23.2 Å². The van der Waals surface area contributed by atoms with Crippen LogP contribution in [0.25, 0.3) is 22.3 Å². The number of halogens is 1. The lowest BCUT2D eigenvalue weighted by atomic mass is 9.85. The van der Waals surface area contributed by atoms with Crippen LogP contribution in [0.15, 0.2) is 41.4 Å². The Morgan fingerprint density at radius 1 is 1.07 bits per heavy atom. The van der Waals surface area contributed by atoms with Crippen molar-refractivity contribution >= 4 is 52.3 Å². The van der Waals surface area contributed by atoms with E-state index in [0.717, 1.165) is 19.3 Å². The van der Waals surface area contributed by atoms with Crippen LogP contribution in [0.1, 0.15) is 66.7 Å². The summed E-state index contributed by atoms with van der Waals surface area (Å²) in [6, 6.07) is 4.68. The predicted molar refractivity (Wildman–Crippen MR) is 206 cm³/mol. The summed E-state index contributed by atoms with van der Waals surface area (Å²) in [7, 11) is 1.49. The Balaban J connectivity index is 1.20. The largest absolute Gasteiger partial charge is 0.495 e. The molecule has 1 unspecified atom stereocenters. The molecule has 4 N–H and O–H groups in total. The molecule has 0 radical (unpaired) electrons. The third-order valence-electron chi connectivity index (χ3n) is 11.3. The highest BCUT2D eigenvalue weighted by Crippen LogP contribution is 2.52. The van der Waals surface area contributed by atoms with Gasteiger partial charge in [-0.2, -0.15) is 0 Å². The Hall–Kier alpha value is -5.05. The molecule has 1 saturated heterocycles. The van der Waals surface area contributed by atoms with Gasteiger partial charge in [0.2, 0.25) is 17.7 Å². The number of pyridine rings is 1. The minimum atomic E-state index is -1.53. The number of likely N-dealkylation sites (tertiary alicyclic amines) is 1. The van der Waals surface area contributed by atoms with E-state index in [9.17, 15) is 24.3 Å². The average molecular weight is 793 g/mol. The number of aliphatic carboxylic acids is 1. The van der Waals surface area contributed by atoms with Gasteiger partial charge in [0.25, 0.3) is 0 Å². The number of nitrogens with zero attached hydrogens (tertiary/aromatic N) is 3. The second-order valence-corrected chi connectivity index (χ2v) is 17.2. The molecule has 1 aromatic carbocycles. The van der Waals surface area contributed by atoms with Crippen molar-refractivity contribution in [2.24, 2.45) is 23.2 Å². The molecule has 300 valence electrons. The number of carboxylic acids is 1. The number of amides is 3. The number of ether oxygens (including phenoxy) is 3. The summed E-state index contributed by atoms with van der Waals surface area (Å²) < 4.78 is 23.4. The summed E-state index contributed by atoms with van der Waals surface area (Å²) in [6.07, 6.45) is 2.80. The zero-order valence-corrected chi connectivity index (χ0v) is 33.1. The number of nitrogens with one attached hydrogen (secondary N) is 3. The minimum Gasteiger partial charge on any atom is -0.495 e. The molecule has 3 aliphatic carbocycles. The molecule has 56 heavy (non-hydrogen) atoms. The van der Waals surface area contributed by atoms with Crippen LogP contribution >= 0.6 is 11.6 Å². The van der Waals surface area contributed by atoms with Gasteiger partial charge in [-0.05, 0) is 68.9 Å². The second kappa shape index (κ2) is 14.8. The van der Waals surface area contributed by atoms with Gasteiger partial charge in [0.05, 0.1) is 24.9 Å². The standard InChI is InChI=1S/C40H49ClN6O9/c1-8-22-17-40(22,37(50)51)45-35(48)28-14-24(18-47(28)36(49)34(39(4,5)6)44-38(52)55-23-12-20-11-21(20)13-23)54-30-15-26(27-16-31(56-46-27)42-19(2)3)43-33-25(30)9-10-29(53-7)32(33)41/h8-10,15-16,19-24,28,34,42H,1,11-14,17-18H2,2-7H3,(H,44,52)(H,45,48)(H,50,51)/t20-,21+,22-,23?,24-,28+,34-,40-/m1/s1. The van der Waals surface area contributed by atoms with Crippen molar-refractivity contribution in [2.75, 3.05) is 19.0 Å². The van der Waals surface area contributed by atoms with Crippen molar-refractivity contribution in [1.82, 2.24) is 25.7 Å². The molecular weight excluding hydrogens is 744 g/mol. The molecule has 0 bridgehead atoms. The van der Waals surface area contributed by atoms with E-state index in [4.69, 9.17) is 35.3 Å². The highest BCUT2D eigenvalue weighted by molar-refractivity contribution is 6.36. The van der Waals surface area contributed by atoms with Gasteiger partial charge < -0.3 is 44.7 Å². The summed E-state index contributed by atoms with van der Waals surface area (Å²) in [5.41, 5.74) is -1.19. The summed E-state index contributed by atoms with van der Waals surface area (Å²) in [6.45, 7) is 13.0. The van der Waals surface area contributed by atoms with Gasteiger partial charge in [0.15, 0.2) is 0 Å². The number of benzene rings is 1. The molecule has 3 saturated carbocycles. The smallest absolute Gasteiger partial charge is 0.408 e. The van der Waals surface area contributed by atoms with E-state index in [1.807, 2.05) is 34.6 Å². The SMILES string of the molecule is C=C[C@@H]1C[C@]1(NC(=O)[C@@H]1C[C@@H](Oc2cc(-c3cc(NC(C)C)on3)nc3c(Cl)c(OC)ccc23)CN1C(=O)[C@@H](NC(=O)OC1C[C@@H]2C[C@@H]2C1)C(C)(C)C)C(=O)O. The fourth-order valence-corrected chi connectivity index (χ4v) is 8.37. The first kappa shape index (κ1) is 39.2. The van der Waals surface area contributed by atoms with Gasteiger partial charge in [-0.3, -0.25) is 9.59 Å². The number of methoxy groups -OCH3 is 1. The predicted octanol–water partition coefficient (Wildman–Crippen LogP) is 5.81. The lowest BCUT2D eigenvalue weighted by molar-refractivity contribution is -0.146. The molecule has 0 spiro atoms. The minimum absolute atomic E-state index is 0.00758. The number of alkyl carbamates (subject to hydrolysis) is 1. The van der Waals surface area contributed by atoms with E-state index in [2.05, 4.69) is 27.7 Å². The first-order chi connectivity index (χ1) is 26.5. The molecule has 4 aliphatic rings. The highest BCUT2D eigenvalue weighted by Gasteiger charge is 2.61. The van der Waals surface area contributed by atoms with Gasteiger partial charge in [-0.1, -0.05) is 43.6 Å². The first-order valence-electron chi connectivity index (χ1n) is 19.0. The van der Waals surface area contributed by atoms with Crippen LogP contribution in [0.3, 0.4) is 0 Å². The van der Waals surface area contributed by atoms with Gasteiger partial charge in [-0.15, -0.1) is 6.58 Å². The lowest BCUT2D eigenvalue weighted by Gasteiger charge is -2.35. The monoisotopic (exact) mass is 792 g/mol. The Bertz CT molecular complexity index is 2050. The molecule has 16 heteroatoms. The molecule has 15 nitrogen and oxygen atoms in total. The number of anilines is 1. The number of carboxylic acid groups (broad SMARTS) is 1. The maximum atomic E-state index is 14.6. The van der Waals surface area contributed by atoms with Gasteiger partial charge in [0, 0.05) is 35.9 Å². The van der Waals surface area contributed by atoms with E-state index >= 15 is 0 Å². The quantitative estimate of drug-likeness (QED) is 0.152. The first-order valence-corrected chi connectivity index (χ1v) is 19.4. The second-order valence-electron chi connectivity index (χ2n) is 16.9. The molecule has 3 aromatic rings. The fourth-order valence-electron chi connectivity index (χ4n) is 8.09. The Labute approximate surface area is 329 Å². The van der Waals surface area contributed by atoms with E-state index < -0.39 is 58.9 Å². The van der Waals surface area contributed by atoms with Gasteiger partial charge >= 0.3 is 12.1 Å². The topological polar surface area (TPSA) is 194 Å². The van der Waals surface area contributed by atoms with Gasteiger partial charge in [-0.25, -0.2) is 14.6 Å². The van der Waals surface area contributed by atoms with Crippen LogP contribution in [-0.4, -0.2) is 93.6 Å². The zero-order valence-electron chi connectivity index (χ0n) is 32.4. The molecule has 3 amide bonds. The molecule has 8 atom stereocenters. The summed E-state index contributed by atoms with van der Waals surface area (Å²) in [5, 5.41) is 23.8.